The number of hydrogen-bond acceptors (Lipinski definition) is 5. The van der Waals surface area contributed by atoms with E-state index in [1.807, 2.05) is 6.07 Å². The van der Waals surface area contributed by atoms with Gasteiger partial charge in [0.1, 0.15) is 0 Å². The lowest BCUT2D eigenvalue weighted by Crippen LogP contribution is -2.16. The van der Waals surface area contributed by atoms with Crippen molar-refractivity contribution in [3.8, 4) is 0 Å². The number of carbonyl (C=O) groups is 1. The fourth-order valence-electron chi connectivity index (χ4n) is 3.05. The van der Waals surface area contributed by atoms with Gasteiger partial charge in [0.25, 0.3) is 10.0 Å². The minimum absolute atomic E-state index is 0.0875. The zero-order valence-corrected chi connectivity index (χ0v) is 18.4. The van der Waals surface area contributed by atoms with Crippen molar-refractivity contribution in [1.29, 1.82) is 0 Å². The van der Waals surface area contributed by atoms with Gasteiger partial charge in [0.2, 0.25) is 0 Å². The first-order valence-corrected chi connectivity index (χ1v) is 11.5. The molecule has 0 saturated heterocycles. The van der Waals surface area contributed by atoms with Crippen LogP contribution >= 0.6 is 15.9 Å². The molecule has 0 atom stereocenters. The summed E-state index contributed by atoms with van der Waals surface area (Å²) in [5.74, 6) is -0.940. The minimum atomic E-state index is -3.90. The predicted octanol–water partition coefficient (Wildman–Crippen LogP) is 4.48. The van der Waals surface area contributed by atoms with Crippen LogP contribution in [0.4, 0.5) is 5.82 Å². The van der Waals surface area contributed by atoms with E-state index < -0.39 is 16.0 Å². The number of nitrogens with one attached hydrogen (secondary N) is 1. The topological polar surface area (TPSA) is 109 Å². The lowest BCUT2D eigenvalue weighted by atomic mass is 10.1. The molecule has 0 unspecified atom stereocenters. The zero-order chi connectivity index (χ0) is 22.0. The van der Waals surface area contributed by atoms with E-state index in [0.29, 0.717) is 22.3 Å². The Hall–Kier alpha value is -3.30. The third kappa shape index (κ3) is 4.73. The Morgan fingerprint density at radius 1 is 0.935 bits per heavy atom. The highest BCUT2D eigenvalue weighted by Gasteiger charge is 2.19. The fraction of sp³-hybridized carbons (Fsp3) is 0.0455. The maximum absolute atomic E-state index is 12.9. The Kier molecular flexibility index (Phi) is 5.71. The SMILES string of the molecule is O=C(O)c1cccc(Cc2nc3ccccc3nc2NS(=O)(=O)c2ccc(Br)cc2)c1. The van der Waals surface area contributed by atoms with Gasteiger partial charge >= 0.3 is 5.97 Å². The van der Waals surface area contributed by atoms with E-state index in [4.69, 9.17) is 0 Å². The standard InChI is InChI=1S/C22H16BrN3O4S/c23-16-8-10-17(11-9-16)31(29,30)26-21-20(24-18-6-1-2-7-19(18)25-21)13-14-4-3-5-15(12-14)22(27)28/h1-12H,13H2,(H,25,26)(H,27,28). The molecule has 0 aliphatic rings. The van der Waals surface area contributed by atoms with Crippen molar-refractivity contribution in [3.05, 3.63) is 94.1 Å². The molecule has 0 amide bonds. The van der Waals surface area contributed by atoms with Gasteiger partial charge in [0.05, 0.1) is 27.2 Å². The third-order valence-corrected chi connectivity index (χ3v) is 6.43. The summed E-state index contributed by atoms with van der Waals surface area (Å²) in [7, 11) is -3.90. The summed E-state index contributed by atoms with van der Waals surface area (Å²) >= 11 is 3.29. The summed E-state index contributed by atoms with van der Waals surface area (Å²) in [6, 6.07) is 19.8. The van der Waals surface area contributed by atoms with Gasteiger partial charge in [0.15, 0.2) is 5.82 Å². The fourth-order valence-corrected chi connectivity index (χ4v) is 4.34. The van der Waals surface area contributed by atoms with Crippen LogP contribution in [-0.4, -0.2) is 29.5 Å². The van der Waals surface area contributed by atoms with Crippen LogP contribution in [0.2, 0.25) is 0 Å². The molecule has 0 fully saturated rings. The summed E-state index contributed by atoms with van der Waals surface area (Å²) in [4.78, 5) is 20.5. The molecule has 1 heterocycles. The predicted molar refractivity (Wildman–Crippen MR) is 121 cm³/mol. The maximum Gasteiger partial charge on any atom is 0.335 e. The lowest BCUT2D eigenvalue weighted by molar-refractivity contribution is 0.0696. The number of rotatable bonds is 6. The number of fused-ring (bicyclic) bond motifs is 1. The van der Waals surface area contributed by atoms with Gasteiger partial charge in [0, 0.05) is 10.9 Å². The number of hydrogen-bond donors (Lipinski definition) is 2. The number of carboxylic acids is 1. The van der Waals surface area contributed by atoms with Crippen LogP contribution in [0.25, 0.3) is 11.0 Å². The van der Waals surface area contributed by atoms with Crippen molar-refractivity contribution in [2.75, 3.05) is 4.72 Å². The summed E-state index contributed by atoms with van der Waals surface area (Å²) in [6.45, 7) is 0. The summed E-state index contributed by atoms with van der Waals surface area (Å²) in [5.41, 5.74) is 2.36. The zero-order valence-electron chi connectivity index (χ0n) is 16.0. The number of para-hydroxylation sites is 2. The number of aromatic carboxylic acids is 1. The Bertz CT molecular complexity index is 1390. The van der Waals surface area contributed by atoms with Gasteiger partial charge in [-0.15, -0.1) is 0 Å². The number of carboxylic acid groups (broad SMARTS) is 1. The van der Waals surface area contributed by atoms with Gasteiger partial charge in [-0.25, -0.2) is 23.2 Å². The highest BCUT2D eigenvalue weighted by molar-refractivity contribution is 9.10. The number of aromatic nitrogens is 2. The molecule has 0 saturated carbocycles. The molecule has 3 aromatic carbocycles. The molecule has 0 radical (unpaired) electrons. The number of halogens is 1. The molecule has 4 aromatic rings. The van der Waals surface area contributed by atoms with Gasteiger partial charge in [-0.05, 0) is 54.1 Å². The summed E-state index contributed by atoms with van der Waals surface area (Å²) < 4.78 is 29.1. The molecular formula is C22H16BrN3O4S. The maximum atomic E-state index is 12.9. The van der Waals surface area contributed by atoms with E-state index in [-0.39, 0.29) is 22.7 Å². The van der Waals surface area contributed by atoms with E-state index in [1.165, 1.54) is 24.3 Å². The molecule has 0 spiro atoms. The molecule has 4 rings (SSSR count). The van der Waals surface area contributed by atoms with Crippen molar-refractivity contribution in [3.63, 3.8) is 0 Å². The number of anilines is 1. The average molecular weight is 498 g/mol. The first kappa shape index (κ1) is 21.0. The van der Waals surface area contributed by atoms with E-state index in [1.54, 1.807) is 42.5 Å². The molecule has 156 valence electrons. The first-order valence-electron chi connectivity index (χ1n) is 9.18. The Balaban J connectivity index is 1.77. The molecule has 9 heteroatoms. The number of sulfonamides is 1. The van der Waals surface area contributed by atoms with Crippen LogP contribution in [0.1, 0.15) is 21.6 Å². The molecule has 0 aliphatic carbocycles. The Morgan fingerprint density at radius 3 is 2.29 bits per heavy atom. The van der Waals surface area contributed by atoms with Crippen LogP contribution in [0, 0.1) is 0 Å². The second kappa shape index (κ2) is 8.44. The summed E-state index contributed by atoms with van der Waals surface area (Å²) in [6.07, 6.45) is 0.206. The van der Waals surface area contributed by atoms with E-state index in [9.17, 15) is 18.3 Å². The molecule has 1 aromatic heterocycles. The monoisotopic (exact) mass is 497 g/mol. The second-order valence-electron chi connectivity index (χ2n) is 6.75. The van der Waals surface area contributed by atoms with Gasteiger partial charge in [-0.3, -0.25) is 4.72 Å². The molecule has 0 bridgehead atoms. The highest BCUT2D eigenvalue weighted by Crippen LogP contribution is 2.24. The van der Waals surface area contributed by atoms with Gasteiger partial charge in [-0.2, -0.15) is 0 Å². The molecular weight excluding hydrogens is 482 g/mol. The molecule has 7 nitrogen and oxygen atoms in total. The molecule has 0 aliphatic heterocycles. The quantitative estimate of drug-likeness (QED) is 0.406. The van der Waals surface area contributed by atoms with Crippen molar-refractivity contribution in [2.24, 2.45) is 0 Å². The van der Waals surface area contributed by atoms with Crippen LogP contribution < -0.4 is 4.72 Å². The van der Waals surface area contributed by atoms with Crippen molar-refractivity contribution >= 4 is 48.8 Å². The Labute approximate surface area is 187 Å². The van der Waals surface area contributed by atoms with Crippen molar-refractivity contribution in [2.45, 2.75) is 11.3 Å². The van der Waals surface area contributed by atoms with Crippen LogP contribution in [0.15, 0.2) is 82.2 Å². The van der Waals surface area contributed by atoms with Crippen LogP contribution in [0.3, 0.4) is 0 Å². The smallest absolute Gasteiger partial charge is 0.335 e. The van der Waals surface area contributed by atoms with Crippen LogP contribution in [0.5, 0.6) is 0 Å². The minimum Gasteiger partial charge on any atom is -0.478 e. The second-order valence-corrected chi connectivity index (χ2v) is 9.35. The van der Waals surface area contributed by atoms with Gasteiger partial charge in [-0.1, -0.05) is 40.2 Å². The first-order chi connectivity index (χ1) is 14.8. The average Bonchev–Trinajstić information content (AvgIpc) is 2.74. The van der Waals surface area contributed by atoms with Crippen molar-refractivity contribution < 1.29 is 18.3 Å². The molecule has 2 N–H and O–H groups in total. The number of nitrogens with zero attached hydrogens (tertiary/aromatic N) is 2. The van der Waals surface area contributed by atoms with E-state index >= 15 is 0 Å². The lowest BCUT2D eigenvalue weighted by Gasteiger charge is -2.13. The van der Waals surface area contributed by atoms with Crippen LogP contribution in [-0.2, 0) is 16.4 Å². The van der Waals surface area contributed by atoms with Gasteiger partial charge < -0.3 is 5.11 Å². The molecule has 31 heavy (non-hydrogen) atoms. The highest BCUT2D eigenvalue weighted by atomic mass is 79.9. The van der Waals surface area contributed by atoms with Crippen molar-refractivity contribution in [1.82, 2.24) is 9.97 Å². The van der Waals surface area contributed by atoms with E-state index in [0.717, 1.165) is 4.47 Å². The largest absolute Gasteiger partial charge is 0.478 e. The summed E-state index contributed by atoms with van der Waals surface area (Å²) in [5, 5.41) is 9.25. The number of benzene rings is 3. The normalized spacial score (nSPS) is 11.4. The Morgan fingerprint density at radius 2 is 1.61 bits per heavy atom. The third-order valence-electron chi connectivity index (χ3n) is 4.54. The van der Waals surface area contributed by atoms with E-state index in [2.05, 4.69) is 30.6 Å².